The molecular formula is C12H19N3O3. The van der Waals surface area contributed by atoms with Crippen molar-refractivity contribution in [1.82, 2.24) is 16.0 Å². The zero-order valence-electron chi connectivity index (χ0n) is 10.3. The molecular weight excluding hydrogens is 234 g/mol. The quantitative estimate of drug-likeness (QED) is 0.503. The first-order valence-corrected chi connectivity index (χ1v) is 6.56. The molecule has 1 heterocycles. The summed E-state index contributed by atoms with van der Waals surface area (Å²) in [5, 5.41) is 7.49. The van der Waals surface area contributed by atoms with E-state index < -0.39 is 18.0 Å². The Labute approximate surface area is 106 Å². The molecule has 0 spiro atoms. The van der Waals surface area contributed by atoms with E-state index in [0.29, 0.717) is 0 Å². The largest absolute Gasteiger partial charge is 0.353 e. The molecule has 2 fully saturated rings. The van der Waals surface area contributed by atoms with E-state index in [1.54, 1.807) is 0 Å². The lowest BCUT2D eigenvalue weighted by Gasteiger charge is -2.17. The average Bonchev–Trinajstić information content (AvgIpc) is 2.54. The monoisotopic (exact) mass is 253 g/mol. The number of imide groups is 1. The Kier molecular flexibility index (Phi) is 4.17. The van der Waals surface area contributed by atoms with Crippen LogP contribution in [-0.2, 0) is 9.59 Å². The molecule has 6 heteroatoms. The standard InChI is InChI=1S/C12H19N3O3/c16-10(7-9-11(17)15-12(18)14-9)13-8-5-3-1-2-4-6-8/h8-9H,1-7H2,(H,13,16)(H2,14,15,17,18). The zero-order valence-corrected chi connectivity index (χ0v) is 10.3. The lowest BCUT2D eigenvalue weighted by Crippen LogP contribution is -2.40. The molecule has 3 N–H and O–H groups in total. The predicted molar refractivity (Wildman–Crippen MR) is 64.7 cm³/mol. The van der Waals surface area contributed by atoms with Crippen LogP contribution in [-0.4, -0.2) is 29.9 Å². The average molecular weight is 253 g/mol. The smallest absolute Gasteiger partial charge is 0.322 e. The van der Waals surface area contributed by atoms with Crippen LogP contribution in [0.25, 0.3) is 0 Å². The van der Waals surface area contributed by atoms with E-state index in [1.807, 2.05) is 0 Å². The van der Waals surface area contributed by atoms with Crippen molar-refractivity contribution in [2.45, 2.75) is 57.0 Å². The van der Waals surface area contributed by atoms with Gasteiger partial charge in [-0.1, -0.05) is 25.7 Å². The molecule has 0 aromatic heterocycles. The first-order chi connectivity index (χ1) is 8.65. The highest BCUT2D eigenvalue weighted by atomic mass is 16.2. The summed E-state index contributed by atoms with van der Waals surface area (Å²) in [4.78, 5) is 34.0. The van der Waals surface area contributed by atoms with E-state index in [1.165, 1.54) is 12.8 Å². The normalized spacial score (nSPS) is 25.2. The summed E-state index contributed by atoms with van der Waals surface area (Å²) < 4.78 is 0. The summed E-state index contributed by atoms with van der Waals surface area (Å²) >= 11 is 0. The van der Waals surface area contributed by atoms with Crippen molar-refractivity contribution >= 4 is 17.8 Å². The molecule has 1 atom stereocenters. The summed E-state index contributed by atoms with van der Waals surface area (Å²) in [6.07, 6.45) is 6.79. The van der Waals surface area contributed by atoms with Gasteiger partial charge in [-0.3, -0.25) is 14.9 Å². The van der Waals surface area contributed by atoms with Crippen molar-refractivity contribution in [1.29, 1.82) is 0 Å². The van der Waals surface area contributed by atoms with Gasteiger partial charge in [0.15, 0.2) is 0 Å². The molecule has 2 rings (SSSR count). The SMILES string of the molecule is O=C(CC1NC(=O)NC1=O)NC1CCCCCC1. The van der Waals surface area contributed by atoms with Crippen molar-refractivity contribution in [2.75, 3.05) is 0 Å². The topological polar surface area (TPSA) is 87.3 Å². The van der Waals surface area contributed by atoms with Gasteiger partial charge in [-0.15, -0.1) is 0 Å². The van der Waals surface area contributed by atoms with Crippen molar-refractivity contribution in [3.05, 3.63) is 0 Å². The molecule has 1 aliphatic carbocycles. The Hall–Kier alpha value is -1.59. The number of amides is 4. The van der Waals surface area contributed by atoms with Crippen LogP contribution in [0.5, 0.6) is 0 Å². The molecule has 100 valence electrons. The van der Waals surface area contributed by atoms with Gasteiger partial charge in [-0.2, -0.15) is 0 Å². The van der Waals surface area contributed by atoms with Gasteiger partial charge in [0, 0.05) is 6.04 Å². The lowest BCUT2D eigenvalue weighted by atomic mass is 10.1. The zero-order chi connectivity index (χ0) is 13.0. The van der Waals surface area contributed by atoms with E-state index in [0.717, 1.165) is 25.7 Å². The Morgan fingerprint density at radius 2 is 1.83 bits per heavy atom. The molecule has 1 unspecified atom stereocenters. The maximum absolute atomic E-state index is 11.8. The van der Waals surface area contributed by atoms with Gasteiger partial charge in [0.05, 0.1) is 6.42 Å². The van der Waals surface area contributed by atoms with Crippen LogP contribution in [0.2, 0.25) is 0 Å². The fourth-order valence-corrected chi connectivity index (χ4v) is 2.50. The van der Waals surface area contributed by atoms with E-state index >= 15 is 0 Å². The van der Waals surface area contributed by atoms with Crippen LogP contribution in [0.1, 0.15) is 44.9 Å². The summed E-state index contributed by atoms with van der Waals surface area (Å²) in [6.45, 7) is 0. The van der Waals surface area contributed by atoms with Crippen LogP contribution in [0.15, 0.2) is 0 Å². The molecule has 18 heavy (non-hydrogen) atoms. The molecule has 0 aromatic rings. The van der Waals surface area contributed by atoms with Gasteiger partial charge in [-0.25, -0.2) is 4.79 Å². The second-order valence-corrected chi connectivity index (χ2v) is 4.98. The molecule has 4 amide bonds. The highest BCUT2D eigenvalue weighted by molar-refractivity contribution is 6.05. The number of nitrogens with one attached hydrogen (secondary N) is 3. The molecule has 1 saturated heterocycles. The Morgan fingerprint density at radius 1 is 1.17 bits per heavy atom. The van der Waals surface area contributed by atoms with Crippen LogP contribution < -0.4 is 16.0 Å². The lowest BCUT2D eigenvalue weighted by molar-refractivity contribution is -0.126. The molecule has 1 aliphatic heterocycles. The highest BCUT2D eigenvalue weighted by Crippen LogP contribution is 2.17. The second kappa shape index (κ2) is 5.84. The van der Waals surface area contributed by atoms with E-state index in [-0.39, 0.29) is 18.4 Å². The minimum absolute atomic E-state index is 0.0219. The van der Waals surface area contributed by atoms with E-state index in [9.17, 15) is 14.4 Å². The summed E-state index contributed by atoms with van der Waals surface area (Å²) in [6, 6.07) is -1.02. The molecule has 2 aliphatic rings. The Morgan fingerprint density at radius 3 is 2.39 bits per heavy atom. The third-order valence-electron chi connectivity index (χ3n) is 3.47. The number of urea groups is 1. The first kappa shape index (κ1) is 12.9. The van der Waals surface area contributed by atoms with E-state index in [2.05, 4.69) is 16.0 Å². The molecule has 6 nitrogen and oxygen atoms in total. The van der Waals surface area contributed by atoms with Crippen LogP contribution in [0.3, 0.4) is 0 Å². The van der Waals surface area contributed by atoms with Crippen LogP contribution >= 0.6 is 0 Å². The minimum atomic E-state index is -0.719. The fourth-order valence-electron chi connectivity index (χ4n) is 2.50. The molecule has 0 aromatic carbocycles. The van der Waals surface area contributed by atoms with E-state index in [4.69, 9.17) is 0 Å². The van der Waals surface area contributed by atoms with Gasteiger partial charge < -0.3 is 10.6 Å². The van der Waals surface area contributed by atoms with Crippen molar-refractivity contribution < 1.29 is 14.4 Å². The number of hydrogen-bond acceptors (Lipinski definition) is 3. The summed E-state index contributed by atoms with van der Waals surface area (Å²) in [5.41, 5.74) is 0. The summed E-state index contributed by atoms with van der Waals surface area (Å²) in [5.74, 6) is -0.583. The van der Waals surface area contributed by atoms with Crippen molar-refractivity contribution in [3.8, 4) is 0 Å². The highest BCUT2D eigenvalue weighted by Gasteiger charge is 2.31. The molecule has 1 saturated carbocycles. The number of carbonyl (C=O) groups is 3. The maximum atomic E-state index is 11.8. The van der Waals surface area contributed by atoms with Crippen LogP contribution in [0.4, 0.5) is 4.79 Å². The van der Waals surface area contributed by atoms with Crippen molar-refractivity contribution in [3.63, 3.8) is 0 Å². The van der Waals surface area contributed by atoms with Crippen molar-refractivity contribution in [2.24, 2.45) is 0 Å². The minimum Gasteiger partial charge on any atom is -0.353 e. The third-order valence-corrected chi connectivity index (χ3v) is 3.47. The molecule has 0 bridgehead atoms. The van der Waals surface area contributed by atoms with Gasteiger partial charge in [-0.05, 0) is 12.8 Å². The predicted octanol–water partition coefficient (Wildman–Crippen LogP) is 0.423. The summed E-state index contributed by atoms with van der Waals surface area (Å²) in [7, 11) is 0. The van der Waals surface area contributed by atoms with Gasteiger partial charge in [0.25, 0.3) is 5.91 Å². The van der Waals surface area contributed by atoms with Gasteiger partial charge >= 0.3 is 6.03 Å². The second-order valence-electron chi connectivity index (χ2n) is 4.98. The first-order valence-electron chi connectivity index (χ1n) is 6.56. The van der Waals surface area contributed by atoms with Gasteiger partial charge in [0.2, 0.25) is 5.91 Å². The van der Waals surface area contributed by atoms with Gasteiger partial charge in [0.1, 0.15) is 6.04 Å². The Bertz CT molecular complexity index is 348. The third kappa shape index (κ3) is 3.45. The number of rotatable bonds is 3. The Balaban J connectivity index is 1.77. The maximum Gasteiger partial charge on any atom is 0.322 e. The number of hydrogen-bond donors (Lipinski definition) is 3. The van der Waals surface area contributed by atoms with Crippen LogP contribution in [0, 0.1) is 0 Å². The molecule has 0 radical (unpaired) electrons. The fraction of sp³-hybridized carbons (Fsp3) is 0.750. The number of carbonyl (C=O) groups excluding carboxylic acids is 3.